The molecular formula is C22H24N2O7. The summed E-state index contributed by atoms with van der Waals surface area (Å²) in [6, 6.07) is 10.8. The van der Waals surface area contributed by atoms with Gasteiger partial charge in [0.2, 0.25) is 0 Å². The molecule has 2 aromatic carbocycles. The number of aliphatic carboxylic acids is 1. The van der Waals surface area contributed by atoms with Gasteiger partial charge in [-0.2, -0.15) is 0 Å². The molecule has 0 aliphatic carbocycles. The van der Waals surface area contributed by atoms with Crippen LogP contribution in [0.5, 0.6) is 11.5 Å². The molecule has 0 aromatic heterocycles. The van der Waals surface area contributed by atoms with Crippen LogP contribution in [0.15, 0.2) is 48.5 Å². The van der Waals surface area contributed by atoms with Gasteiger partial charge in [-0.1, -0.05) is 12.1 Å². The number of benzene rings is 2. The fourth-order valence-corrected chi connectivity index (χ4v) is 3.79. The summed E-state index contributed by atoms with van der Waals surface area (Å²) in [7, 11) is 4.29. The van der Waals surface area contributed by atoms with E-state index in [2.05, 4.69) is 5.32 Å². The van der Waals surface area contributed by atoms with Gasteiger partial charge in [-0.25, -0.2) is 9.59 Å². The molecule has 164 valence electrons. The standard InChI is InChI=1S/C22H24N2O7/c1-29-15-8-4-13(5-9-15)19-17(21(27)31-3)12-18(20(25)26)24(19)22(28)23-14-6-10-16(30-2)11-7-14/h4-11,17-19H,12H2,1-3H3,(H,23,28)(H,25,26). The second kappa shape index (κ2) is 9.38. The first kappa shape index (κ1) is 21.9. The largest absolute Gasteiger partial charge is 0.497 e. The highest BCUT2D eigenvalue weighted by Gasteiger charge is 2.51. The molecule has 31 heavy (non-hydrogen) atoms. The molecule has 0 spiro atoms. The number of amides is 2. The minimum atomic E-state index is -1.20. The predicted octanol–water partition coefficient (Wildman–Crippen LogP) is 2.93. The summed E-state index contributed by atoms with van der Waals surface area (Å²) >= 11 is 0. The quantitative estimate of drug-likeness (QED) is 0.680. The summed E-state index contributed by atoms with van der Waals surface area (Å²) in [6.45, 7) is 0. The maximum Gasteiger partial charge on any atom is 0.326 e. The lowest BCUT2D eigenvalue weighted by molar-refractivity contribution is -0.146. The number of nitrogens with zero attached hydrogens (tertiary/aromatic N) is 1. The zero-order valence-corrected chi connectivity index (χ0v) is 17.4. The van der Waals surface area contributed by atoms with E-state index in [1.165, 1.54) is 26.2 Å². The number of anilines is 1. The number of urea groups is 1. The van der Waals surface area contributed by atoms with Gasteiger partial charge in [0, 0.05) is 5.69 Å². The second-order valence-corrected chi connectivity index (χ2v) is 7.00. The molecule has 2 amide bonds. The van der Waals surface area contributed by atoms with Crippen molar-refractivity contribution in [2.75, 3.05) is 26.6 Å². The van der Waals surface area contributed by atoms with E-state index < -0.39 is 36.0 Å². The number of carboxylic acid groups (broad SMARTS) is 1. The molecule has 9 heteroatoms. The normalized spacial score (nSPS) is 20.1. The number of methoxy groups -OCH3 is 3. The molecule has 0 bridgehead atoms. The average Bonchev–Trinajstić information content (AvgIpc) is 3.20. The van der Waals surface area contributed by atoms with Gasteiger partial charge in [0.05, 0.1) is 33.3 Å². The maximum absolute atomic E-state index is 13.2. The first-order valence-corrected chi connectivity index (χ1v) is 9.57. The summed E-state index contributed by atoms with van der Waals surface area (Å²) in [6.07, 6.45) is -0.0608. The molecule has 2 N–H and O–H groups in total. The van der Waals surface area contributed by atoms with Crippen molar-refractivity contribution in [1.82, 2.24) is 4.90 Å². The van der Waals surface area contributed by atoms with Crippen LogP contribution >= 0.6 is 0 Å². The fourth-order valence-electron chi connectivity index (χ4n) is 3.79. The third-order valence-corrected chi connectivity index (χ3v) is 5.32. The Morgan fingerprint density at radius 1 is 0.935 bits per heavy atom. The number of likely N-dealkylation sites (tertiary alicyclic amines) is 1. The van der Waals surface area contributed by atoms with Crippen molar-refractivity contribution in [2.45, 2.75) is 18.5 Å². The molecule has 1 fully saturated rings. The molecule has 1 saturated heterocycles. The fraction of sp³-hybridized carbons (Fsp3) is 0.318. The van der Waals surface area contributed by atoms with Crippen LogP contribution in [0.4, 0.5) is 10.5 Å². The topological polar surface area (TPSA) is 114 Å². The number of hydrogen-bond acceptors (Lipinski definition) is 6. The van der Waals surface area contributed by atoms with Gasteiger partial charge in [-0.15, -0.1) is 0 Å². The third-order valence-electron chi connectivity index (χ3n) is 5.32. The Labute approximate surface area is 179 Å². The number of nitrogens with one attached hydrogen (secondary N) is 1. The first-order valence-electron chi connectivity index (χ1n) is 9.57. The summed E-state index contributed by atoms with van der Waals surface area (Å²) < 4.78 is 15.2. The van der Waals surface area contributed by atoms with E-state index in [1.54, 1.807) is 48.5 Å². The number of esters is 1. The molecule has 1 aliphatic heterocycles. The van der Waals surface area contributed by atoms with Crippen molar-refractivity contribution < 1.29 is 33.7 Å². The number of carbonyl (C=O) groups excluding carboxylic acids is 2. The molecule has 1 aliphatic rings. The Morgan fingerprint density at radius 2 is 1.48 bits per heavy atom. The van der Waals surface area contributed by atoms with Crippen molar-refractivity contribution in [3.05, 3.63) is 54.1 Å². The highest BCUT2D eigenvalue weighted by Crippen LogP contribution is 2.42. The number of carboxylic acids is 1. The first-order chi connectivity index (χ1) is 14.9. The van der Waals surface area contributed by atoms with Gasteiger partial charge < -0.3 is 29.5 Å². The molecule has 3 rings (SSSR count). The van der Waals surface area contributed by atoms with Crippen LogP contribution in [0.2, 0.25) is 0 Å². The zero-order chi connectivity index (χ0) is 22.5. The van der Waals surface area contributed by atoms with Gasteiger partial charge >= 0.3 is 18.0 Å². The summed E-state index contributed by atoms with van der Waals surface area (Å²) in [5.41, 5.74) is 1.06. The Morgan fingerprint density at radius 3 is 1.97 bits per heavy atom. The smallest absolute Gasteiger partial charge is 0.326 e. The molecule has 3 unspecified atom stereocenters. The minimum Gasteiger partial charge on any atom is -0.497 e. The molecular weight excluding hydrogens is 404 g/mol. The lowest BCUT2D eigenvalue weighted by atomic mass is 9.93. The van der Waals surface area contributed by atoms with Gasteiger partial charge in [0.15, 0.2) is 0 Å². The lowest BCUT2D eigenvalue weighted by Gasteiger charge is -2.30. The van der Waals surface area contributed by atoms with Crippen LogP contribution in [-0.2, 0) is 14.3 Å². The average molecular weight is 428 g/mol. The minimum absolute atomic E-state index is 0.0608. The third kappa shape index (κ3) is 4.55. The monoisotopic (exact) mass is 428 g/mol. The highest BCUT2D eigenvalue weighted by atomic mass is 16.5. The van der Waals surface area contributed by atoms with Gasteiger partial charge in [0.25, 0.3) is 0 Å². The van der Waals surface area contributed by atoms with E-state index in [-0.39, 0.29) is 6.42 Å². The van der Waals surface area contributed by atoms with Crippen molar-refractivity contribution in [1.29, 1.82) is 0 Å². The number of hydrogen-bond donors (Lipinski definition) is 2. The molecule has 9 nitrogen and oxygen atoms in total. The summed E-state index contributed by atoms with van der Waals surface area (Å²) in [4.78, 5) is 38.8. The highest BCUT2D eigenvalue weighted by molar-refractivity contribution is 5.94. The Bertz CT molecular complexity index is 943. The lowest BCUT2D eigenvalue weighted by Crippen LogP contribution is -2.44. The Kier molecular flexibility index (Phi) is 6.64. The summed E-state index contributed by atoms with van der Waals surface area (Å²) in [5.74, 6) is -1.40. The van der Waals surface area contributed by atoms with E-state index >= 15 is 0 Å². The summed E-state index contributed by atoms with van der Waals surface area (Å²) in [5, 5.41) is 12.5. The van der Waals surface area contributed by atoms with Crippen molar-refractivity contribution in [3.8, 4) is 11.5 Å². The van der Waals surface area contributed by atoms with E-state index in [0.717, 1.165) is 0 Å². The second-order valence-electron chi connectivity index (χ2n) is 7.00. The molecule has 3 atom stereocenters. The van der Waals surface area contributed by atoms with Gasteiger partial charge in [0.1, 0.15) is 17.5 Å². The van der Waals surface area contributed by atoms with Gasteiger partial charge in [-0.05, 0) is 48.4 Å². The zero-order valence-electron chi connectivity index (χ0n) is 17.4. The van der Waals surface area contributed by atoms with Crippen LogP contribution < -0.4 is 14.8 Å². The van der Waals surface area contributed by atoms with Crippen molar-refractivity contribution in [2.24, 2.45) is 5.92 Å². The van der Waals surface area contributed by atoms with E-state index in [4.69, 9.17) is 14.2 Å². The van der Waals surface area contributed by atoms with Crippen LogP contribution in [0, 0.1) is 5.92 Å². The molecule has 0 saturated carbocycles. The van der Waals surface area contributed by atoms with Crippen LogP contribution in [0.1, 0.15) is 18.0 Å². The Balaban J connectivity index is 1.98. The van der Waals surface area contributed by atoms with Crippen molar-refractivity contribution in [3.63, 3.8) is 0 Å². The van der Waals surface area contributed by atoms with Crippen molar-refractivity contribution >= 4 is 23.7 Å². The number of rotatable bonds is 6. The molecule has 0 radical (unpaired) electrons. The van der Waals surface area contributed by atoms with Crippen LogP contribution in [-0.4, -0.2) is 55.3 Å². The van der Waals surface area contributed by atoms with Gasteiger partial charge in [-0.3, -0.25) is 4.79 Å². The maximum atomic E-state index is 13.2. The SMILES string of the molecule is COC(=O)C1CC(C(=O)O)N(C(=O)Nc2ccc(OC)cc2)C1c1ccc(OC)cc1. The van der Waals surface area contributed by atoms with Crippen LogP contribution in [0.25, 0.3) is 0 Å². The number of ether oxygens (including phenoxy) is 3. The Hall–Kier alpha value is -3.75. The van der Waals surface area contributed by atoms with Crippen LogP contribution in [0.3, 0.4) is 0 Å². The molecule has 2 aromatic rings. The van der Waals surface area contributed by atoms with E-state index in [0.29, 0.717) is 22.7 Å². The number of carbonyl (C=O) groups is 3. The molecule has 1 heterocycles. The predicted molar refractivity (Wildman–Crippen MR) is 111 cm³/mol. The van der Waals surface area contributed by atoms with E-state index in [9.17, 15) is 19.5 Å². The van der Waals surface area contributed by atoms with E-state index in [1.807, 2.05) is 0 Å².